The molecular formula is C18H20N2O5. The first-order valence-corrected chi connectivity index (χ1v) is 7.98. The van der Waals surface area contributed by atoms with Gasteiger partial charge in [-0.3, -0.25) is 14.9 Å². The van der Waals surface area contributed by atoms with Crippen LogP contribution < -0.4 is 14.8 Å². The first kappa shape index (κ1) is 18.3. The molecule has 0 radical (unpaired) electrons. The van der Waals surface area contributed by atoms with Crippen molar-refractivity contribution in [1.29, 1.82) is 0 Å². The topological polar surface area (TPSA) is 90.7 Å². The Kier molecular flexibility index (Phi) is 6.76. The van der Waals surface area contributed by atoms with Gasteiger partial charge in [0.2, 0.25) is 0 Å². The van der Waals surface area contributed by atoms with Gasteiger partial charge in [0.05, 0.1) is 11.5 Å². The van der Waals surface area contributed by atoms with Gasteiger partial charge < -0.3 is 14.8 Å². The number of benzene rings is 2. The van der Waals surface area contributed by atoms with Crippen LogP contribution in [0.2, 0.25) is 0 Å². The SMILES string of the molecule is CCCCOc1cccc(OCC(=O)Nc2ccc([N+](=O)[O-])cc2)c1. The summed E-state index contributed by atoms with van der Waals surface area (Å²) in [6, 6.07) is 12.7. The lowest BCUT2D eigenvalue weighted by Gasteiger charge is -2.09. The zero-order chi connectivity index (χ0) is 18.1. The van der Waals surface area contributed by atoms with Crippen LogP contribution in [0.3, 0.4) is 0 Å². The van der Waals surface area contributed by atoms with Gasteiger partial charge in [-0.25, -0.2) is 0 Å². The summed E-state index contributed by atoms with van der Waals surface area (Å²) in [6.07, 6.45) is 2.03. The van der Waals surface area contributed by atoms with Crippen molar-refractivity contribution in [2.24, 2.45) is 0 Å². The Morgan fingerprint density at radius 2 is 1.80 bits per heavy atom. The Morgan fingerprint density at radius 3 is 2.44 bits per heavy atom. The summed E-state index contributed by atoms with van der Waals surface area (Å²) in [5.74, 6) is 0.876. The zero-order valence-electron chi connectivity index (χ0n) is 13.9. The van der Waals surface area contributed by atoms with Gasteiger partial charge in [0.1, 0.15) is 11.5 Å². The van der Waals surface area contributed by atoms with Crippen LogP contribution in [0.25, 0.3) is 0 Å². The molecule has 2 rings (SSSR count). The first-order chi connectivity index (χ1) is 12.1. The van der Waals surface area contributed by atoms with Gasteiger partial charge in [-0.1, -0.05) is 19.4 Å². The Bertz CT molecular complexity index is 716. The molecule has 0 aliphatic heterocycles. The fourth-order valence-corrected chi connectivity index (χ4v) is 2.00. The summed E-state index contributed by atoms with van der Waals surface area (Å²) in [5, 5.41) is 13.2. The molecule has 0 atom stereocenters. The minimum Gasteiger partial charge on any atom is -0.493 e. The lowest BCUT2D eigenvalue weighted by molar-refractivity contribution is -0.384. The van der Waals surface area contributed by atoms with Crippen molar-refractivity contribution >= 4 is 17.3 Å². The average molecular weight is 344 g/mol. The maximum atomic E-state index is 11.9. The summed E-state index contributed by atoms with van der Waals surface area (Å²) >= 11 is 0. The fourth-order valence-electron chi connectivity index (χ4n) is 2.00. The molecule has 0 unspecified atom stereocenters. The minimum absolute atomic E-state index is 0.0332. The highest BCUT2D eigenvalue weighted by molar-refractivity contribution is 5.91. The van der Waals surface area contributed by atoms with E-state index in [2.05, 4.69) is 12.2 Å². The molecule has 0 bridgehead atoms. The number of non-ortho nitro benzene ring substituents is 1. The predicted octanol–water partition coefficient (Wildman–Crippen LogP) is 3.79. The van der Waals surface area contributed by atoms with Crippen LogP contribution in [0, 0.1) is 10.1 Å². The number of hydrogen-bond donors (Lipinski definition) is 1. The standard InChI is InChI=1S/C18H20N2O5/c1-2-3-11-24-16-5-4-6-17(12-16)25-13-18(21)19-14-7-9-15(10-8-14)20(22)23/h4-10,12H,2-3,11,13H2,1H3,(H,19,21). The maximum absolute atomic E-state index is 11.9. The molecule has 7 nitrogen and oxygen atoms in total. The van der Waals surface area contributed by atoms with Crippen LogP contribution in [0.5, 0.6) is 11.5 Å². The summed E-state index contributed by atoms with van der Waals surface area (Å²) < 4.78 is 11.0. The van der Waals surface area contributed by atoms with Gasteiger partial charge >= 0.3 is 0 Å². The van der Waals surface area contributed by atoms with Crippen molar-refractivity contribution in [3.63, 3.8) is 0 Å². The van der Waals surface area contributed by atoms with Crippen LogP contribution in [0.1, 0.15) is 19.8 Å². The normalized spacial score (nSPS) is 10.1. The highest BCUT2D eigenvalue weighted by atomic mass is 16.6. The molecule has 0 aliphatic rings. The summed E-state index contributed by atoms with van der Waals surface area (Å²) in [5.41, 5.74) is 0.435. The van der Waals surface area contributed by atoms with Gasteiger partial charge in [-0.15, -0.1) is 0 Å². The number of nitrogens with zero attached hydrogens (tertiary/aromatic N) is 1. The van der Waals surface area contributed by atoms with Crippen molar-refractivity contribution in [1.82, 2.24) is 0 Å². The van der Waals surface area contributed by atoms with Gasteiger partial charge in [0.25, 0.3) is 11.6 Å². The number of ether oxygens (including phenoxy) is 2. The number of nitrogens with one attached hydrogen (secondary N) is 1. The quantitative estimate of drug-likeness (QED) is 0.424. The lowest BCUT2D eigenvalue weighted by atomic mass is 10.3. The van der Waals surface area contributed by atoms with Crippen LogP contribution in [0.4, 0.5) is 11.4 Å². The van der Waals surface area contributed by atoms with Crippen LogP contribution in [-0.2, 0) is 4.79 Å². The van der Waals surface area contributed by atoms with Crippen molar-refractivity contribution < 1.29 is 19.2 Å². The van der Waals surface area contributed by atoms with E-state index in [-0.39, 0.29) is 18.2 Å². The van der Waals surface area contributed by atoms with E-state index in [9.17, 15) is 14.9 Å². The van der Waals surface area contributed by atoms with Crippen LogP contribution in [-0.4, -0.2) is 24.0 Å². The average Bonchev–Trinajstić information content (AvgIpc) is 2.61. The van der Waals surface area contributed by atoms with Gasteiger partial charge in [0.15, 0.2) is 6.61 Å². The molecule has 25 heavy (non-hydrogen) atoms. The van der Waals surface area contributed by atoms with Crippen molar-refractivity contribution in [2.75, 3.05) is 18.5 Å². The Balaban J connectivity index is 1.83. The molecule has 0 heterocycles. The van der Waals surface area contributed by atoms with E-state index in [0.717, 1.165) is 12.8 Å². The predicted molar refractivity (Wildman–Crippen MR) is 94.1 cm³/mol. The number of hydrogen-bond acceptors (Lipinski definition) is 5. The number of amides is 1. The monoisotopic (exact) mass is 344 g/mol. The molecule has 1 amide bonds. The fraction of sp³-hybridized carbons (Fsp3) is 0.278. The van der Waals surface area contributed by atoms with Gasteiger partial charge in [-0.05, 0) is 30.7 Å². The second-order valence-corrected chi connectivity index (χ2v) is 5.32. The highest BCUT2D eigenvalue weighted by Crippen LogP contribution is 2.20. The van der Waals surface area contributed by atoms with Gasteiger partial charge in [0, 0.05) is 23.9 Å². The second-order valence-electron chi connectivity index (χ2n) is 5.32. The maximum Gasteiger partial charge on any atom is 0.269 e. The Labute approximate surface area is 145 Å². The molecule has 0 fully saturated rings. The number of nitro benzene ring substituents is 1. The van der Waals surface area contributed by atoms with E-state index in [1.165, 1.54) is 24.3 Å². The largest absolute Gasteiger partial charge is 0.493 e. The Morgan fingerprint density at radius 1 is 1.12 bits per heavy atom. The van der Waals surface area contributed by atoms with Crippen LogP contribution >= 0.6 is 0 Å². The number of carbonyl (C=O) groups is 1. The number of unbranched alkanes of at least 4 members (excludes halogenated alkanes) is 1. The molecule has 132 valence electrons. The molecule has 1 N–H and O–H groups in total. The molecule has 0 aromatic heterocycles. The molecule has 0 spiro atoms. The van der Waals surface area contributed by atoms with Crippen molar-refractivity contribution in [3.05, 3.63) is 58.6 Å². The number of nitro groups is 1. The summed E-state index contributed by atoms with van der Waals surface area (Å²) in [6.45, 7) is 2.56. The van der Waals surface area contributed by atoms with E-state index in [4.69, 9.17) is 9.47 Å². The van der Waals surface area contributed by atoms with Crippen LogP contribution in [0.15, 0.2) is 48.5 Å². The minimum atomic E-state index is -0.496. The van der Waals surface area contributed by atoms with E-state index in [0.29, 0.717) is 23.8 Å². The number of anilines is 1. The molecule has 2 aromatic carbocycles. The van der Waals surface area contributed by atoms with E-state index >= 15 is 0 Å². The smallest absolute Gasteiger partial charge is 0.269 e. The second kappa shape index (κ2) is 9.27. The number of carbonyl (C=O) groups excluding carboxylic acids is 1. The van der Waals surface area contributed by atoms with E-state index < -0.39 is 4.92 Å². The third-order valence-corrected chi connectivity index (χ3v) is 3.30. The summed E-state index contributed by atoms with van der Waals surface area (Å²) in [7, 11) is 0. The Hall–Kier alpha value is -3.09. The van der Waals surface area contributed by atoms with E-state index in [1.807, 2.05) is 6.07 Å². The molecule has 0 saturated heterocycles. The zero-order valence-corrected chi connectivity index (χ0v) is 13.9. The summed E-state index contributed by atoms with van der Waals surface area (Å²) in [4.78, 5) is 22.0. The third-order valence-electron chi connectivity index (χ3n) is 3.30. The molecule has 0 saturated carbocycles. The molecule has 7 heteroatoms. The molecule has 0 aliphatic carbocycles. The highest BCUT2D eigenvalue weighted by Gasteiger charge is 2.07. The lowest BCUT2D eigenvalue weighted by Crippen LogP contribution is -2.20. The number of rotatable bonds is 9. The van der Waals surface area contributed by atoms with Crippen molar-refractivity contribution in [2.45, 2.75) is 19.8 Å². The first-order valence-electron chi connectivity index (χ1n) is 7.98. The molecular weight excluding hydrogens is 324 g/mol. The molecule has 2 aromatic rings. The van der Waals surface area contributed by atoms with Gasteiger partial charge in [-0.2, -0.15) is 0 Å². The van der Waals surface area contributed by atoms with Crippen molar-refractivity contribution in [3.8, 4) is 11.5 Å². The third kappa shape index (κ3) is 6.14. The van der Waals surface area contributed by atoms with E-state index in [1.54, 1.807) is 18.2 Å².